The second-order valence-corrected chi connectivity index (χ2v) is 6.97. The molecule has 0 unspecified atom stereocenters. The van der Waals surface area contributed by atoms with Gasteiger partial charge in [-0.15, -0.1) is 0 Å². The highest BCUT2D eigenvalue weighted by Crippen LogP contribution is 2.17. The van der Waals surface area contributed by atoms with Crippen molar-refractivity contribution in [3.05, 3.63) is 35.4 Å². The molecule has 5 heteroatoms. The van der Waals surface area contributed by atoms with Crippen LogP contribution in [0.1, 0.15) is 64.1 Å². The van der Waals surface area contributed by atoms with Crippen LogP contribution < -0.4 is 10.6 Å². The van der Waals surface area contributed by atoms with Crippen molar-refractivity contribution in [3.63, 3.8) is 0 Å². The first kappa shape index (κ1) is 20.0. The summed E-state index contributed by atoms with van der Waals surface area (Å²) in [5.74, 6) is -0.00610. The van der Waals surface area contributed by atoms with Crippen LogP contribution in [0.5, 0.6) is 0 Å². The van der Waals surface area contributed by atoms with E-state index >= 15 is 0 Å². The monoisotopic (exact) mass is 334 g/mol. The summed E-state index contributed by atoms with van der Waals surface area (Å²) in [6.45, 7) is 9.96. The smallest absolute Gasteiger partial charge is 0.407 e. The minimum atomic E-state index is -0.510. The molecule has 5 nitrogen and oxygen atoms in total. The molecule has 1 rings (SSSR count). The number of alkyl carbamates (subject to hydrolysis) is 1. The van der Waals surface area contributed by atoms with Gasteiger partial charge in [-0.2, -0.15) is 0 Å². The maximum atomic E-state index is 12.1. The van der Waals surface area contributed by atoms with Crippen molar-refractivity contribution in [2.45, 2.75) is 65.5 Å². The maximum Gasteiger partial charge on any atom is 0.407 e. The fourth-order valence-electron chi connectivity index (χ4n) is 2.24. The molecule has 0 heterocycles. The first-order chi connectivity index (χ1) is 11.2. The van der Waals surface area contributed by atoms with E-state index in [4.69, 9.17) is 4.74 Å². The third kappa shape index (κ3) is 7.99. The van der Waals surface area contributed by atoms with Crippen LogP contribution in [0.25, 0.3) is 0 Å². The lowest BCUT2D eigenvalue weighted by molar-refractivity contribution is -0.122. The van der Waals surface area contributed by atoms with Gasteiger partial charge < -0.3 is 15.4 Å². The summed E-state index contributed by atoms with van der Waals surface area (Å²) in [5, 5.41) is 5.70. The topological polar surface area (TPSA) is 67.4 Å². The molecule has 0 saturated heterocycles. The van der Waals surface area contributed by atoms with Crippen molar-refractivity contribution in [3.8, 4) is 0 Å². The summed E-state index contributed by atoms with van der Waals surface area (Å²) in [5.41, 5.74) is 1.81. The number of amides is 2. The Morgan fingerprint density at radius 3 is 2.33 bits per heavy atom. The molecule has 0 saturated carbocycles. The van der Waals surface area contributed by atoms with E-state index in [1.165, 1.54) is 5.56 Å². The van der Waals surface area contributed by atoms with E-state index in [1.807, 2.05) is 39.8 Å². The molecule has 1 aromatic rings. The van der Waals surface area contributed by atoms with Crippen LogP contribution in [0, 0.1) is 6.92 Å². The van der Waals surface area contributed by atoms with E-state index in [9.17, 15) is 9.59 Å². The lowest BCUT2D eigenvalue weighted by Gasteiger charge is -2.20. The number of benzene rings is 1. The zero-order chi connectivity index (χ0) is 18.2. The zero-order valence-corrected chi connectivity index (χ0v) is 15.4. The fourth-order valence-corrected chi connectivity index (χ4v) is 2.24. The highest BCUT2D eigenvalue weighted by molar-refractivity contribution is 5.76. The van der Waals surface area contributed by atoms with Crippen LogP contribution in [0.15, 0.2) is 24.3 Å². The molecule has 134 valence electrons. The molecule has 0 aliphatic heterocycles. The molecule has 0 aromatic heterocycles. The van der Waals surface area contributed by atoms with Gasteiger partial charge in [-0.05, 0) is 46.1 Å². The molecule has 0 aliphatic rings. The molecular formula is C19H30N2O3. The largest absolute Gasteiger partial charge is 0.444 e. The molecule has 0 radical (unpaired) electrons. The molecular weight excluding hydrogens is 304 g/mol. The van der Waals surface area contributed by atoms with Gasteiger partial charge in [0, 0.05) is 13.0 Å². The van der Waals surface area contributed by atoms with Crippen molar-refractivity contribution in [1.29, 1.82) is 0 Å². The number of rotatable bonds is 7. The number of aryl methyl sites for hydroxylation is 1. The summed E-state index contributed by atoms with van der Waals surface area (Å²) in [6.07, 6.45) is 1.34. The lowest BCUT2D eigenvalue weighted by Crippen LogP contribution is -2.34. The number of hydrogen-bond donors (Lipinski definition) is 2. The molecule has 2 N–H and O–H groups in total. The average Bonchev–Trinajstić information content (AvgIpc) is 2.48. The van der Waals surface area contributed by atoms with E-state index in [1.54, 1.807) is 0 Å². The number of carbonyl (C=O) groups is 2. The Kier molecular flexibility index (Phi) is 7.75. The Morgan fingerprint density at radius 2 is 1.79 bits per heavy atom. The number of nitrogens with one attached hydrogen (secondary N) is 2. The summed E-state index contributed by atoms with van der Waals surface area (Å²) in [6, 6.07) is 8.22. The second kappa shape index (κ2) is 9.30. The van der Waals surface area contributed by atoms with Crippen LogP contribution in [-0.4, -0.2) is 24.1 Å². The predicted molar refractivity (Wildman–Crippen MR) is 95.8 cm³/mol. The van der Waals surface area contributed by atoms with Gasteiger partial charge in [-0.1, -0.05) is 36.8 Å². The van der Waals surface area contributed by atoms with E-state index in [0.717, 1.165) is 12.0 Å². The Morgan fingerprint density at radius 1 is 1.17 bits per heavy atom. The predicted octanol–water partition coefficient (Wildman–Crippen LogP) is 3.87. The van der Waals surface area contributed by atoms with Gasteiger partial charge in [0.05, 0.1) is 6.04 Å². The maximum absolute atomic E-state index is 12.1. The van der Waals surface area contributed by atoms with Crippen molar-refractivity contribution < 1.29 is 14.3 Å². The van der Waals surface area contributed by atoms with Gasteiger partial charge in [-0.25, -0.2) is 4.79 Å². The van der Waals surface area contributed by atoms with Crippen LogP contribution in [0.2, 0.25) is 0 Å². The third-order valence-corrected chi connectivity index (χ3v) is 3.47. The third-order valence-electron chi connectivity index (χ3n) is 3.47. The summed E-state index contributed by atoms with van der Waals surface area (Å²) >= 11 is 0. The van der Waals surface area contributed by atoms with Crippen molar-refractivity contribution in [2.24, 2.45) is 0 Å². The lowest BCUT2D eigenvalue weighted by atomic mass is 10.0. The standard InChI is InChI=1S/C19H30N2O3/c1-6-16(15-11-9-14(2)10-12-15)21-17(22)8-7-13-20-18(23)24-19(3,4)5/h9-12,16H,6-8,13H2,1-5H3,(H,20,23)(H,21,22)/t16-/m1/s1. The van der Waals surface area contributed by atoms with Gasteiger partial charge in [0.1, 0.15) is 5.60 Å². The number of ether oxygens (including phenoxy) is 1. The van der Waals surface area contributed by atoms with Crippen LogP contribution in [0.4, 0.5) is 4.79 Å². The van der Waals surface area contributed by atoms with E-state index in [0.29, 0.717) is 19.4 Å². The summed E-state index contributed by atoms with van der Waals surface area (Å²) in [4.78, 5) is 23.6. The molecule has 24 heavy (non-hydrogen) atoms. The van der Waals surface area contributed by atoms with E-state index < -0.39 is 11.7 Å². The number of hydrogen-bond acceptors (Lipinski definition) is 3. The van der Waals surface area contributed by atoms with Crippen LogP contribution in [0.3, 0.4) is 0 Å². The SMILES string of the molecule is CC[C@@H](NC(=O)CCCNC(=O)OC(C)(C)C)c1ccc(C)cc1. The highest BCUT2D eigenvalue weighted by Gasteiger charge is 2.16. The molecule has 1 atom stereocenters. The first-order valence-corrected chi connectivity index (χ1v) is 8.54. The van der Waals surface area contributed by atoms with Crippen LogP contribution in [-0.2, 0) is 9.53 Å². The van der Waals surface area contributed by atoms with Crippen molar-refractivity contribution in [2.75, 3.05) is 6.54 Å². The Balaban J connectivity index is 2.32. The number of carbonyl (C=O) groups excluding carboxylic acids is 2. The van der Waals surface area contributed by atoms with E-state index in [2.05, 4.69) is 29.7 Å². The molecule has 0 fully saturated rings. The Labute approximate surface area is 145 Å². The second-order valence-electron chi connectivity index (χ2n) is 6.97. The molecule has 2 amide bonds. The van der Waals surface area contributed by atoms with Gasteiger partial charge in [0.2, 0.25) is 5.91 Å². The fraction of sp³-hybridized carbons (Fsp3) is 0.579. The van der Waals surface area contributed by atoms with Gasteiger partial charge in [0.15, 0.2) is 0 Å². The quantitative estimate of drug-likeness (QED) is 0.744. The van der Waals surface area contributed by atoms with Crippen LogP contribution >= 0.6 is 0 Å². The summed E-state index contributed by atoms with van der Waals surface area (Å²) < 4.78 is 5.14. The van der Waals surface area contributed by atoms with Crippen molar-refractivity contribution in [1.82, 2.24) is 10.6 Å². The minimum absolute atomic E-state index is 0.00610. The van der Waals surface area contributed by atoms with Crippen molar-refractivity contribution >= 4 is 12.0 Å². The molecule has 0 bridgehead atoms. The van der Waals surface area contributed by atoms with Gasteiger partial charge in [-0.3, -0.25) is 4.79 Å². The zero-order valence-electron chi connectivity index (χ0n) is 15.4. The van der Waals surface area contributed by atoms with Gasteiger partial charge in [0.25, 0.3) is 0 Å². The average molecular weight is 334 g/mol. The minimum Gasteiger partial charge on any atom is -0.444 e. The molecule has 0 aliphatic carbocycles. The summed E-state index contributed by atoms with van der Waals surface area (Å²) in [7, 11) is 0. The molecule has 0 spiro atoms. The first-order valence-electron chi connectivity index (χ1n) is 8.54. The normalized spacial score (nSPS) is 12.4. The Hall–Kier alpha value is -2.04. The van der Waals surface area contributed by atoms with Gasteiger partial charge >= 0.3 is 6.09 Å². The van der Waals surface area contributed by atoms with E-state index in [-0.39, 0.29) is 11.9 Å². The highest BCUT2D eigenvalue weighted by atomic mass is 16.6. The Bertz CT molecular complexity index is 533. The molecule has 1 aromatic carbocycles.